The first-order chi connectivity index (χ1) is 8.88. The zero-order valence-electron chi connectivity index (χ0n) is 10.00. The van der Waals surface area contributed by atoms with Crippen LogP contribution >= 0.6 is 11.6 Å². The minimum atomic E-state index is -4.04. The van der Waals surface area contributed by atoms with E-state index in [1.807, 2.05) is 0 Å². The van der Waals surface area contributed by atoms with E-state index < -0.39 is 20.8 Å². The Morgan fingerprint density at radius 2 is 2.16 bits per heavy atom. The van der Waals surface area contributed by atoms with Crippen molar-refractivity contribution in [1.82, 2.24) is 0 Å². The first-order valence-electron chi connectivity index (χ1n) is 5.16. The Balaban J connectivity index is 3.41. The maximum absolute atomic E-state index is 12.2. The fraction of sp³-hybridized carbons (Fsp3) is 0.364. The molecule has 0 amide bonds. The van der Waals surface area contributed by atoms with E-state index in [2.05, 4.69) is 4.89 Å². The van der Waals surface area contributed by atoms with E-state index in [4.69, 9.17) is 22.1 Å². The Labute approximate surface area is 115 Å². The van der Waals surface area contributed by atoms with Crippen LogP contribution in [0, 0.1) is 18.3 Å². The molecule has 1 aromatic carbocycles. The van der Waals surface area contributed by atoms with Crippen molar-refractivity contribution in [2.24, 2.45) is 0 Å². The minimum absolute atomic E-state index is 0.189. The van der Waals surface area contributed by atoms with Crippen LogP contribution in [0.3, 0.4) is 0 Å². The lowest BCUT2D eigenvalue weighted by Crippen LogP contribution is -2.22. The summed E-state index contributed by atoms with van der Waals surface area (Å²) in [7, 11) is -4.04. The Kier molecular flexibility index (Phi) is 5.14. The first-order valence-corrected chi connectivity index (χ1v) is 7.24. The molecule has 0 bridgehead atoms. The summed E-state index contributed by atoms with van der Waals surface area (Å²) in [5, 5.41) is 25.5. The summed E-state index contributed by atoms with van der Waals surface area (Å²) in [6.07, 6.45) is 0. The van der Waals surface area contributed by atoms with Gasteiger partial charge in [-0.3, -0.25) is 5.26 Å². The number of hydrogen-bond donors (Lipinski definition) is 2. The lowest BCUT2D eigenvalue weighted by Gasteiger charge is -2.13. The molecule has 0 aliphatic heterocycles. The lowest BCUT2D eigenvalue weighted by atomic mass is 10.1. The van der Waals surface area contributed by atoms with Gasteiger partial charge in [0.1, 0.15) is 17.3 Å². The number of aryl methyl sites for hydroxylation is 1. The number of phenolic OH excluding ortho intramolecular Hbond substituents is 1. The Morgan fingerprint density at radius 3 is 2.58 bits per heavy atom. The van der Waals surface area contributed by atoms with Crippen LogP contribution < -0.4 is 0 Å². The fourth-order valence-corrected chi connectivity index (χ4v) is 3.70. The fourth-order valence-electron chi connectivity index (χ4n) is 1.69. The molecule has 8 heteroatoms. The predicted molar refractivity (Wildman–Crippen MR) is 67.6 cm³/mol. The van der Waals surface area contributed by atoms with Gasteiger partial charge in [0.2, 0.25) is 0 Å². The summed E-state index contributed by atoms with van der Waals surface area (Å²) in [5.41, 5.74) is 0.647. The van der Waals surface area contributed by atoms with Gasteiger partial charge in [-0.2, -0.15) is 5.26 Å². The van der Waals surface area contributed by atoms with Crippen molar-refractivity contribution >= 4 is 21.4 Å². The van der Waals surface area contributed by atoms with Crippen LogP contribution in [0.4, 0.5) is 0 Å². The third kappa shape index (κ3) is 3.16. The third-order valence-corrected chi connectivity index (χ3v) is 5.10. The molecule has 1 atom stereocenters. The van der Waals surface area contributed by atoms with E-state index in [0.29, 0.717) is 5.56 Å². The van der Waals surface area contributed by atoms with Crippen molar-refractivity contribution in [1.29, 1.82) is 5.26 Å². The van der Waals surface area contributed by atoms with Gasteiger partial charge in [0.05, 0.1) is 11.9 Å². The number of rotatable bonds is 5. The topological polar surface area (TPSA) is 108 Å². The van der Waals surface area contributed by atoms with Crippen LogP contribution in [0.25, 0.3) is 0 Å². The molecule has 0 fully saturated rings. The largest absolute Gasteiger partial charge is 0.507 e. The number of alkyl halides is 1. The molecule has 0 radical (unpaired) electrons. The van der Waals surface area contributed by atoms with Crippen LogP contribution in [0.5, 0.6) is 5.75 Å². The molecular weight excluding hydrogens is 294 g/mol. The van der Waals surface area contributed by atoms with Gasteiger partial charge in [-0.25, -0.2) is 13.3 Å². The lowest BCUT2D eigenvalue weighted by molar-refractivity contribution is -0.253. The highest BCUT2D eigenvalue weighted by Gasteiger charge is 2.31. The average Bonchev–Trinajstić information content (AvgIpc) is 2.28. The molecular formula is C11H12ClNO5S. The van der Waals surface area contributed by atoms with Gasteiger partial charge in [0.15, 0.2) is 15.1 Å². The van der Waals surface area contributed by atoms with E-state index in [9.17, 15) is 13.5 Å². The van der Waals surface area contributed by atoms with E-state index in [0.717, 1.165) is 6.07 Å². The second-order valence-electron chi connectivity index (χ2n) is 3.85. The summed E-state index contributed by atoms with van der Waals surface area (Å²) in [4.78, 5) is 3.59. The highest BCUT2D eigenvalue weighted by molar-refractivity contribution is 7.92. The molecule has 104 valence electrons. The van der Waals surface area contributed by atoms with Crippen molar-refractivity contribution in [3.63, 3.8) is 0 Å². The first kappa shape index (κ1) is 15.7. The number of aromatic hydroxyl groups is 1. The van der Waals surface area contributed by atoms with E-state index >= 15 is 0 Å². The van der Waals surface area contributed by atoms with Gasteiger partial charge in [0, 0.05) is 0 Å². The molecule has 0 saturated heterocycles. The van der Waals surface area contributed by atoms with Gasteiger partial charge in [-0.05, 0) is 24.1 Å². The number of nitrogens with zero attached hydrogens (tertiary/aromatic N) is 1. The second-order valence-corrected chi connectivity index (χ2v) is 6.23. The van der Waals surface area contributed by atoms with Crippen molar-refractivity contribution in [2.75, 3.05) is 5.88 Å². The Hall–Kier alpha value is -1.33. The van der Waals surface area contributed by atoms with Crippen LogP contribution in [0.1, 0.15) is 11.1 Å². The molecule has 0 aromatic heterocycles. The predicted octanol–water partition coefficient (Wildman–Crippen LogP) is 1.59. The van der Waals surface area contributed by atoms with Gasteiger partial charge < -0.3 is 5.11 Å². The molecule has 1 unspecified atom stereocenters. The minimum Gasteiger partial charge on any atom is -0.507 e. The zero-order chi connectivity index (χ0) is 14.6. The number of sulfone groups is 1. The van der Waals surface area contributed by atoms with Crippen LogP contribution in [0.2, 0.25) is 0 Å². The van der Waals surface area contributed by atoms with Gasteiger partial charge >= 0.3 is 0 Å². The molecule has 0 aliphatic carbocycles. The normalized spacial score (nSPS) is 12.9. The number of nitriles is 1. The standard InChI is InChI=1S/C11H12ClNO5S/c1-7-2-8(6-18-15)3-10(14)11(7)19(16,17)9(4-12)5-13/h2-3,9,14-15H,4,6H2,1H3. The molecule has 1 rings (SSSR count). The molecule has 2 N–H and O–H groups in total. The smallest absolute Gasteiger partial charge is 0.199 e. The van der Waals surface area contributed by atoms with Crippen molar-refractivity contribution in [2.45, 2.75) is 23.7 Å². The highest BCUT2D eigenvalue weighted by Crippen LogP contribution is 2.31. The zero-order valence-corrected chi connectivity index (χ0v) is 11.6. The SMILES string of the molecule is Cc1cc(COO)cc(O)c1S(=O)(=O)C(C#N)CCl. The second kappa shape index (κ2) is 6.21. The van der Waals surface area contributed by atoms with Crippen molar-refractivity contribution in [3.8, 4) is 11.8 Å². The van der Waals surface area contributed by atoms with Crippen molar-refractivity contribution in [3.05, 3.63) is 23.3 Å². The third-order valence-electron chi connectivity index (χ3n) is 2.49. The van der Waals surface area contributed by atoms with Gasteiger partial charge in [0.25, 0.3) is 0 Å². The van der Waals surface area contributed by atoms with Gasteiger partial charge in [-0.15, -0.1) is 11.6 Å². The summed E-state index contributed by atoms with van der Waals surface area (Å²) in [5.74, 6) is -0.892. The summed E-state index contributed by atoms with van der Waals surface area (Å²) in [6, 6.07) is 4.18. The average molecular weight is 306 g/mol. The van der Waals surface area contributed by atoms with Crippen LogP contribution in [-0.2, 0) is 21.3 Å². The molecule has 0 spiro atoms. The summed E-state index contributed by atoms with van der Waals surface area (Å²) >= 11 is 5.45. The van der Waals surface area contributed by atoms with E-state index in [-0.39, 0.29) is 22.9 Å². The maximum atomic E-state index is 12.2. The van der Waals surface area contributed by atoms with Crippen LogP contribution in [0.15, 0.2) is 17.0 Å². The van der Waals surface area contributed by atoms with E-state index in [1.165, 1.54) is 13.0 Å². The monoisotopic (exact) mass is 305 g/mol. The number of phenols is 1. The van der Waals surface area contributed by atoms with Crippen LogP contribution in [-0.4, -0.2) is 29.9 Å². The van der Waals surface area contributed by atoms with Gasteiger partial charge in [-0.1, -0.05) is 6.07 Å². The maximum Gasteiger partial charge on any atom is 0.199 e. The highest BCUT2D eigenvalue weighted by atomic mass is 35.5. The Bertz CT molecular complexity index is 585. The number of halogens is 1. The summed E-state index contributed by atoms with van der Waals surface area (Å²) < 4.78 is 24.3. The molecule has 1 aromatic rings. The summed E-state index contributed by atoms with van der Waals surface area (Å²) in [6.45, 7) is 1.28. The Morgan fingerprint density at radius 1 is 1.53 bits per heavy atom. The molecule has 0 heterocycles. The van der Waals surface area contributed by atoms with Crippen molar-refractivity contribution < 1.29 is 23.7 Å². The van der Waals surface area contributed by atoms with E-state index in [1.54, 1.807) is 6.07 Å². The molecule has 19 heavy (non-hydrogen) atoms. The number of benzene rings is 1. The quantitative estimate of drug-likeness (QED) is 0.486. The molecule has 6 nitrogen and oxygen atoms in total. The molecule has 0 saturated carbocycles. The molecule has 0 aliphatic rings. The number of hydrogen-bond acceptors (Lipinski definition) is 6.